The van der Waals surface area contributed by atoms with Crippen LogP contribution >= 0.6 is 22.9 Å². The lowest BCUT2D eigenvalue weighted by atomic mass is 10.2. The number of fused-ring (bicyclic) bond motifs is 1. The quantitative estimate of drug-likeness (QED) is 0.821. The number of thiazole rings is 1. The van der Waals surface area contributed by atoms with Crippen molar-refractivity contribution in [3.8, 4) is 10.6 Å². The van der Waals surface area contributed by atoms with Crippen LogP contribution in [0.15, 0.2) is 24.3 Å². The number of hydrogen-bond acceptors (Lipinski definition) is 3. The topological polar surface area (TPSA) is 24.9 Å². The molecule has 2 heterocycles. The zero-order valence-corrected chi connectivity index (χ0v) is 9.53. The van der Waals surface area contributed by atoms with Gasteiger partial charge in [-0.1, -0.05) is 23.7 Å². The zero-order valence-electron chi connectivity index (χ0n) is 7.96. The highest BCUT2D eigenvalue weighted by Gasteiger charge is 2.16. The standard InChI is InChI=1S/C11H9ClN2S/c12-8-3-1-2-7(6-8)11-14-10-9(15-11)4-5-13-10/h1-3,6,13H,4-5H2. The number of benzene rings is 1. The Morgan fingerprint density at radius 1 is 1.40 bits per heavy atom. The van der Waals surface area contributed by atoms with E-state index in [1.54, 1.807) is 11.3 Å². The molecule has 3 rings (SSSR count). The van der Waals surface area contributed by atoms with E-state index < -0.39 is 0 Å². The van der Waals surface area contributed by atoms with Crippen LogP contribution in [0.5, 0.6) is 0 Å². The van der Waals surface area contributed by atoms with Gasteiger partial charge in [0.05, 0.1) is 4.88 Å². The Morgan fingerprint density at radius 3 is 3.13 bits per heavy atom. The van der Waals surface area contributed by atoms with E-state index in [0.717, 1.165) is 34.4 Å². The number of halogens is 1. The Morgan fingerprint density at radius 2 is 2.33 bits per heavy atom. The molecule has 1 aliphatic rings. The monoisotopic (exact) mass is 236 g/mol. The van der Waals surface area contributed by atoms with Crippen LogP contribution in [0.2, 0.25) is 5.02 Å². The first-order valence-electron chi connectivity index (χ1n) is 4.82. The Bertz CT molecular complexity index is 486. The Kier molecular flexibility index (Phi) is 2.15. The third-order valence-corrected chi connectivity index (χ3v) is 3.81. The van der Waals surface area contributed by atoms with E-state index >= 15 is 0 Å². The summed E-state index contributed by atoms with van der Waals surface area (Å²) in [6.45, 7) is 1.02. The highest BCUT2D eigenvalue weighted by Crippen LogP contribution is 2.34. The molecule has 1 aromatic carbocycles. The fraction of sp³-hybridized carbons (Fsp3) is 0.182. The Hall–Kier alpha value is -1.06. The van der Waals surface area contributed by atoms with Crippen LogP contribution in [0.4, 0.5) is 5.82 Å². The van der Waals surface area contributed by atoms with Crippen molar-refractivity contribution in [1.82, 2.24) is 4.98 Å². The van der Waals surface area contributed by atoms with Crippen molar-refractivity contribution in [2.75, 3.05) is 11.9 Å². The van der Waals surface area contributed by atoms with E-state index in [-0.39, 0.29) is 0 Å². The average molecular weight is 237 g/mol. The highest BCUT2D eigenvalue weighted by atomic mass is 35.5. The minimum absolute atomic E-state index is 0.760. The third kappa shape index (κ3) is 1.62. The maximum absolute atomic E-state index is 5.95. The summed E-state index contributed by atoms with van der Waals surface area (Å²) < 4.78 is 0. The van der Waals surface area contributed by atoms with Crippen molar-refractivity contribution in [3.05, 3.63) is 34.2 Å². The number of nitrogens with one attached hydrogen (secondary N) is 1. The van der Waals surface area contributed by atoms with Crippen molar-refractivity contribution in [2.24, 2.45) is 0 Å². The van der Waals surface area contributed by atoms with Crippen LogP contribution in [0.1, 0.15) is 4.88 Å². The number of nitrogens with zero attached hydrogens (tertiary/aromatic N) is 1. The highest BCUT2D eigenvalue weighted by molar-refractivity contribution is 7.15. The molecule has 0 amide bonds. The van der Waals surface area contributed by atoms with E-state index in [2.05, 4.69) is 10.3 Å². The predicted octanol–water partition coefficient (Wildman–Crippen LogP) is 3.43. The van der Waals surface area contributed by atoms with Crippen molar-refractivity contribution >= 4 is 28.8 Å². The van der Waals surface area contributed by atoms with Crippen LogP contribution in [-0.2, 0) is 6.42 Å². The molecular weight excluding hydrogens is 228 g/mol. The molecule has 0 radical (unpaired) electrons. The molecule has 1 N–H and O–H groups in total. The fourth-order valence-corrected chi connectivity index (χ4v) is 2.92. The van der Waals surface area contributed by atoms with E-state index in [4.69, 9.17) is 11.6 Å². The zero-order chi connectivity index (χ0) is 10.3. The van der Waals surface area contributed by atoms with Gasteiger partial charge in [0, 0.05) is 23.6 Å². The van der Waals surface area contributed by atoms with Gasteiger partial charge in [0.2, 0.25) is 0 Å². The van der Waals surface area contributed by atoms with Gasteiger partial charge in [-0.15, -0.1) is 11.3 Å². The number of hydrogen-bond donors (Lipinski definition) is 1. The molecule has 0 atom stereocenters. The number of aromatic nitrogens is 1. The lowest BCUT2D eigenvalue weighted by Crippen LogP contribution is -1.93. The largest absolute Gasteiger partial charge is 0.369 e. The maximum atomic E-state index is 5.95. The number of rotatable bonds is 1. The van der Waals surface area contributed by atoms with Gasteiger partial charge < -0.3 is 5.32 Å². The lowest BCUT2D eigenvalue weighted by Gasteiger charge is -1.97. The Balaban J connectivity index is 2.06. The molecule has 2 nitrogen and oxygen atoms in total. The van der Waals surface area contributed by atoms with Crippen LogP contribution < -0.4 is 5.32 Å². The van der Waals surface area contributed by atoms with Crippen LogP contribution in [0.3, 0.4) is 0 Å². The summed E-state index contributed by atoms with van der Waals surface area (Å²) >= 11 is 7.70. The van der Waals surface area contributed by atoms with Crippen LogP contribution in [0.25, 0.3) is 10.6 Å². The normalized spacial score (nSPS) is 13.7. The summed E-state index contributed by atoms with van der Waals surface area (Å²) in [7, 11) is 0. The molecule has 1 aliphatic heterocycles. The summed E-state index contributed by atoms with van der Waals surface area (Å²) in [5.74, 6) is 1.05. The molecule has 1 aromatic heterocycles. The van der Waals surface area contributed by atoms with Crippen molar-refractivity contribution in [3.63, 3.8) is 0 Å². The molecule has 0 fully saturated rings. The minimum Gasteiger partial charge on any atom is -0.369 e. The molecule has 4 heteroatoms. The summed E-state index contributed by atoms with van der Waals surface area (Å²) in [4.78, 5) is 5.90. The van der Waals surface area contributed by atoms with Crippen LogP contribution in [-0.4, -0.2) is 11.5 Å². The molecule has 2 aromatic rings. The third-order valence-electron chi connectivity index (χ3n) is 2.41. The molecule has 0 saturated heterocycles. The van der Waals surface area contributed by atoms with E-state index in [0.29, 0.717) is 0 Å². The second kappa shape index (κ2) is 3.51. The first-order valence-corrected chi connectivity index (χ1v) is 6.02. The number of anilines is 1. The first kappa shape index (κ1) is 9.19. The molecule has 0 saturated carbocycles. The molecule has 0 aliphatic carbocycles. The molecule has 0 spiro atoms. The van der Waals surface area contributed by atoms with E-state index in [1.807, 2.05) is 24.3 Å². The summed E-state index contributed by atoms with van der Waals surface area (Å²) in [5, 5.41) is 5.08. The fourth-order valence-electron chi connectivity index (χ4n) is 1.70. The molecule has 0 unspecified atom stereocenters. The van der Waals surface area contributed by atoms with Gasteiger partial charge in [-0.3, -0.25) is 0 Å². The van der Waals surface area contributed by atoms with Crippen molar-refractivity contribution in [1.29, 1.82) is 0 Å². The smallest absolute Gasteiger partial charge is 0.141 e. The second-order valence-electron chi connectivity index (χ2n) is 3.48. The van der Waals surface area contributed by atoms with Gasteiger partial charge in [0.25, 0.3) is 0 Å². The van der Waals surface area contributed by atoms with E-state index in [9.17, 15) is 0 Å². The van der Waals surface area contributed by atoms with Gasteiger partial charge in [-0.05, 0) is 12.1 Å². The van der Waals surface area contributed by atoms with E-state index in [1.165, 1.54) is 4.88 Å². The average Bonchev–Trinajstić information content (AvgIpc) is 2.76. The minimum atomic E-state index is 0.760. The van der Waals surface area contributed by atoms with Crippen molar-refractivity contribution < 1.29 is 0 Å². The van der Waals surface area contributed by atoms with Gasteiger partial charge >= 0.3 is 0 Å². The summed E-state index contributed by atoms with van der Waals surface area (Å²) in [6.07, 6.45) is 1.09. The molecule has 0 bridgehead atoms. The maximum Gasteiger partial charge on any atom is 0.141 e. The summed E-state index contributed by atoms with van der Waals surface area (Å²) in [6, 6.07) is 7.83. The van der Waals surface area contributed by atoms with Gasteiger partial charge in [-0.25, -0.2) is 4.98 Å². The molecular formula is C11H9ClN2S. The molecule has 76 valence electrons. The summed E-state index contributed by atoms with van der Waals surface area (Å²) in [5.41, 5.74) is 1.10. The molecule has 15 heavy (non-hydrogen) atoms. The van der Waals surface area contributed by atoms with Gasteiger partial charge in [-0.2, -0.15) is 0 Å². The Labute approximate surface area is 96.9 Å². The SMILES string of the molecule is Clc1cccc(-c2nc3c(s2)CCN3)c1. The predicted molar refractivity (Wildman–Crippen MR) is 64.8 cm³/mol. The van der Waals surface area contributed by atoms with Crippen molar-refractivity contribution in [2.45, 2.75) is 6.42 Å². The van der Waals surface area contributed by atoms with Gasteiger partial charge in [0.15, 0.2) is 0 Å². The lowest BCUT2D eigenvalue weighted by molar-refractivity contribution is 1.12. The van der Waals surface area contributed by atoms with Gasteiger partial charge in [0.1, 0.15) is 10.8 Å². The second-order valence-corrected chi connectivity index (χ2v) is 5.00. The van der Waals surface area contributed by atoms with Crippen LogP contribution in [0, 0.1) is 0 Å². The first-order chi connectivity index (χ1) is 7.33.